The minimum atomic E-state index is -0.395. The van der Waals surface area contributed by atoms with Crippen molar-refractivity contribution in [2.75, 3.05) is 6.54 Å². The van der Waals surface area contributed by atoms with Crippen LogP contribution in [0.2, 0.25) is 0 Å². The molecule has 1 aromatic heterocycles. The van der Waals surface area contributed by atoms with E-state index in [4.69, 9.17) is 0 Å². The number of halogens is 2. The fourth-order valence-corrected chi connectivity index (χ4v) is 3.16. The lowest BCUT2D eigenvalue weighted by molar-refractivity contribution is 0.473. The van der Waals surface area contributed by atoms with Crippen LogP contribution in [0.3, 0.4) is 0 Å². The van der Waals surface area contributed by atoms with Crippen LogP contribution in [0.5, 0.6) is 0 Å². The molecule has 21 heavy (non-hydrogen) atoms. The molecule has 2 nitrogen and oxygen atoms in total. The zero-order chi connectivity index (χ0) is 14.8. The second-order valence-electron chi connectivity index (χ2n) is 5.65. The van der Waals surface area contributed by atoms with Crippen molar-refractivity contribution in [3.8, 4) is 0 Å². The third-order valence-corrected chi connectivity index (χ3v) is 4.12. The van der Waals surface area contributed by atoms with Gasteiger partial charge in [-0.2, -0.15) is 0 Å². The summed E-state index contributed by atoms with van der Waals surface area (Å²) in [4.78, 5) is 0. The number of benzene rings is 1. The Morgan fingerprint density at radius 1 is 1.29 bits per heavy atom. The van der Waals surface area contributed by atoms with E-state index in [2.05, 4.69) is 24.6 Å². The summed E-state index contributed by atoms with van der Waals surface area (Å²) in [5, 5.41) is 3.49. The van der Waals surface area contributed by atoms with Gasteiger partial charge in [0.15, 0.2) is 0 Å². The number of aryl methyl sites for hydroxylation is 1. The topological polar surface area (TPSA) is 17.0 Å². The Hall–Kier alpha value is -1.68. The van der Waals surface area contributed by atoms with Crippen molar-refractivity contribution in [1.29, 1.82) is 0 Å². The first kappa shape index (κ1) is 14.3. The highest BCUT2D eigenvalue weighted by atomic mass is 19.1. The molecule has 4 heteroatoms. The van der Waals surface area contributed by atoms with Gasteiger partial charge in [-0.1, -0.05) is 6.92 Å². The second kappa shape index (κ2) is 5.98. The molecular formula is C17H20F2N2. The van der Waals surface area contributed by atoms with Gasteiger partial charge in [-0.25, -0.2) is 8.78 Å². The molecular weight excluding hydrogens is 270 g/mol. The minimum Gasteiger partial charge on any atom is -0.349 e. The molecule has 1 unspecified atom stereocenters. The van der Waals surface area contributed by atoms with Crippen molar-refractivity contribution in [2.45, 2.75) is 38.8 Å². The first-order valence-electron chi connectivity index (χ1n) is 7.53. The molecule has 0 radical (unpaired) electrons. The van der Waals surface area contributed by atoms with Gasteiger partial charge in [-0.3, -0.25) is 0 Å². The smallest absolute Gasteiger partial charge is 0.128 e. The molecule has 1 heterocycles. The third kappa shape index (κ3) is 3.00. The van der Waals surface area contributed by atoms with Crippen LogP contribution in [-0.2, 0) is 13.0 Å². The summed E-state index contributed by atoms with van der Waals surface area (Å²) in [6, 6.07) is 4.00. The normalized spacial score (nSPS) is 17.8. The molecule has 1 N–H and O–H groups in total. The van der Waals surface area contributed by atoms with Crippen molar-refractivity contribution in [2.24, 2.45) is 0 Å². The second-order valence-corrected chi connectivity index (χ2v) is 5.65. The molecule has 0 fully saturated rings. The van der Waals surface area contributed by atoms with Crippen LogP contribution >= 0.6 is 0 Å². The Kier molecular flexibility index (Phi) is 4.06. The van der Waals surface area contributed by atoms with Crippen molar-refractivity contribution in [1.82, 2.24) is 9.88 Å². The Balaban J connectivity index is 1.86. The predicted octanol–water partition coefficient (Wildman–Crippen LogP) is 3.80. The summed E-state index contributed by atoms with van der Waals surface area (Å²) in [7, 11) is 0. The molecule has 0 aliphatic heterocycles. The summed E-state index contributed by atoms with van der Waals surface area (Å²) < 4.78 is 29.0. The summed E-state index contributed by atoms with van der Waals surface area (Å²) in [5.41, 5.74) is 3.02. The average Bonchev–Trinajstić information content (AvgIpc) is 2.87. The van der Waals surface area contributed by atoms with Crippen LogP contribution < -0.4 is 5.32 Å². The van der Waals surface area contributed by atoms with E-state index in [9.17, 15) is 8.78 Å². The van der Waals surface area contributed by atoms with Gasteiger partial charge in [0.05, 0.1) is 6.54 Å². The molecule has 1 aromatic carbocycles. The van der Waals surface area contributed by atoms with Gasteiger partial charge in [0.1, 0.15) is 11.6 Å². The van der Waals surface area contributed by atoms with Gasteiger partial charge in [-0.05, 0) is 55.1 Å². The summed E-state index contributed by atoms with van der Waals surface area (Å²) in [5.74, 6) is -0.750. The molecule has 0 spiro atoms. The minimum absolute atomic E-state index is 0.355. The zero-order valence-electron chi connectivity index (χ0n) is 12.2. The van der Waals surface area contributed by atoms with Crippen LogP contribution in [0, 0.1) is 11.6 Å². The van der Waals surface area contributed by atoms with Crippen LogP contribution in [0.1, 0.15) is 42.5 Å². The Morgan fingerprint density at radius 3 is 2.95 bits per heavy atom. The molecule has 0 saturated heterocycles. The average molecular weight is 290 g/mol. The number of rotatable bonds is 4. The first-order chi connectivity index (χ1) is 10.2. The molecule has 112 valence electrons. The summed E-state index contributed by atoms with van der Waals surface area (Å²) in [6.45, 7) is 3.41. The maximum absolute atomic E-state index is 13.7. The van der Waals surface area contributed by atoms with Crippen LogP contribution in [0.4, 0.5) is 8.78 Å². The molecule has 1 atom stereocenters. The summed E-state index contributed by atoms with van der Waals surface area (Å²) >= 11 is 0. The Morgan fingerprint density at radius 2 is 2.14 bits per heavy atom. The number of nitrogens with one attached hydrogen (secondary N) is 1. The van der Waals surface area contributed by atoms with E-state index in [1.165, 1.54) is 29.7 Å². The lowest BCUT2D eigenvalue weighted by Crippen LogP contribution is -2.23. The molecule has 1 aliphatic rings. The maximum Gasteiger partial charge on any atom is 0.128 e. The first-order valence-corrected chi connectivity index (χ1v) is 7.53. The number of nitrogens with zero attached hydrogens (tertiary/aromatic N) is 1. The fraction of sp³-hybridized carbons (Fsp3) is 0.412. The maximum atomic E-state index is 13.7. The highest BCUT2D eigenvalue weighted by Crippen LogP contribution is 2.30. The quantitative estimate of drug-likeness (QED) is 0.906. The molecule has 0 saturated carbocycles. The van der Waals surface area contributed by atoms with Gasteiger partial charge >= 0.3 is 0 Å². The Bertz CT molecular complexity index is 634. The number of aromatic nitrogens is 1. The SMILES string of the molecule is CCNC1CCCc2cn(Cc3cc(F)ccc3F)cc21. The van der Waals surface area contributed by atoms with E-state index >= 15 is 0 Å². The predicted molar refractivity (Wildman–Crippen MR) is 79.2 cm³/mol. The van der Waals surface area contributed by atoms with E-state index < -0.39 is 5.82 Å². The van der Waals surface area contributed by atoms with E-state index in [1.54, 1.807) is 0 Å². The van der Waals surface area contributed by atoms with Crippen molar-refractivity contribution in [3.05, 3.63) is 58.9 Å². The van der Waals surface area contributed by atoms with Gasteiger partial charge in [0, 0.05) is 24.0 Å². The third-order valence-electron chi connectivity index (χ3n) is 4.12. The van der Waals surface area contributed by atoms with E-state index in [1.807, 2.05) is 4.57 Å². The number of fused-ring (bicyclic) bond motifs is 1. The van der Waals surface area contributed by atoms with Gasteiger partial charge in [0.25, 0.3) is 0 Å². The highest BCUT2D eigenvalue weighted by molar-refractivity contribution is 5.31. The molecule has 0 bridgehead atoms. The van der Waals surface area contributed by atoms with Crippen molar-refractivity contribution < 1.29 is 8.78 Å². The van der Waals surface area contributed by atoms with E-state index in [0.29, 0.717) is 18.2 Å². The number of hydrogen-bond acceptors (Lipinski definition) is 1. The van der Waals surface area contributed by atoms with Crippen molar-refractivity contribution in [3.63, 3.8) is 0 Å². The van der Waals surface area contributed by atoms with E-state index in [0.717, 1.165) is 25.5 Å². The number of hydrogen-bond donors (Lipinski definition) is 1. The van der Waals surface area contributed by atoms with Crippen molar-refractivity contribution >= 4 is 0 Å². The van der Waals surface area contributed by atoms with Crippen LogP contribution in [0.25, 0.3) is 0 Å². The standard InChI is InChI=1S/C17H20F2N2/c1-2-20-17-5-3-4-12-9-21(11-15(12)17)10-13-8-14(18)6-7-16(13)19/h6-9,11,17,20H,2-5,10H2,1H3. The molecule has 0 amide bonds. The van der Waals surface area contributed by atoms with Crippen LogP contribution in [0.15, 0.2) is 30.6 Å². The lowest BCUT2D eigenvalue weighted by atomic mass is 9.91. The lowest BCUT2D eigenvalue weighted by Gasteiger charge is -2.22. The van der Waals surface area contributed by atoms with Crippen LogP contribution in [-0.4, -0.2) is 11.1 Å². The summed E-state index contributed by atoms with van der Waals surface area (Å²) in [6.07, 6.45) is 7.52. The largest absolute Gasteiger partial charge is 0.349 e. The zero-order valence-corrected chi connectivity index (χ0v) is 12.2. The monoisotopic (exact) mass is 290 g/mol. The molecule has 1 aliphatic carbocycles. The highest BCUT2D eigenvalue weighted by Gasteiger charge is 2.21. The van der Waals surface area contributed by atoms with Gasteiger partial charge in [-0.15, -0.1) is 0 Å². The fourth-order valence-electron chi connectivity index (χ4n) is 3.16. The van der Waals surface area contributed by atoms with E-state index in [-0.39, 0.29) is 5.82 Å². The molecule has 3 rings (SSSR count). The molecule has 2 aromatic rings. The van der Waals surface area contributed by atoms with Gasteiger partial charge in [0.2, 0.25) is 0 Å². The Labute approximate surface area is 123 Å². The van der Waals surface area contributed by atoms with Gasteiger partial charge < -0.3 is 9.88 Å².